The zero-order chi connectivity index (χ0) is 19.9. The highest BCUT2D eigenvalue weighted by atomic mass is 32.1. The number of pyridine rings is 1. The number of ether oxygens (including phenoxy) is 1. The maximum atomic E-state index is 12.5. The van der Waals surface area contributed by atoms with Gasteiger partial charge in [0.25, 0.3) is 5.91 Å². The smallest absolute Gasteiger partial charge is 0.342 e. The van der Waals surface area contributed by atoms with Crippen LogP contribution < -0.4 is 5.32 Å². The maximum absolute atomic E-state index is 12.5. The number of amides is 1. The first-order valence-electron chi connectivity index (χ1n) is 9.01. The van der Waals surface area contributed by atoms with Crippen LogP contribution in [-0.2, 0) is 16.0 Å². The van der Waals surface area contributed by atoms with Gasteiger partial charge in [0.05, 0.1) is 11.9 Å². The first-order valence-corrected chi connectivity index (χ1v) is 9.89. The summed E-state index contributed by atoms with van der Waals surface area (Å²) in [5, 5.41) is 9.04. The van der Waals surface area contributed by atoms with E-state index in [2.05, 4.69) is 15.4 Å². The molecule has 0 saturated carbocycles. The van der Waals surface area contributed by atoms with E-state index in [4.69, 9.17) is 4.74 Å². The average molecular weight is 398 g/mol. The maximum Gasteiger partial charge on any atom is 0.342 e. The standard InChI is InChI=1S/C20H22N4O3S/c1-14(2)19-16(12-23-24(19)17-7-3-4-9-21-17)20(26)27-13-18(25)22-10-8-15-6-5-11-28-15/h3-7,9,11-12,14H,8,10,13H2,1-2H3,(H,22,25). The Hall–Kier alpha value is -3.00. The van der Waals surface area contributed by atoms with Crippen LogP contribution in [0.1, 0.15) is 40.7 Å². The molecule has 0 spiro atoms. The molecular weight excluding hydrogens is 376 g/mol. The summed E-state index contributed by atoms with van der Waals surface area (Å²) in [5.41, 5.74) is 1.04. The molecule has 0 aromatic carbocycles. The van der Waals surface area contributed by atoms with Crippen LogP contribution in [0.3, 0.4) is 0 Å². The fourth-order valence-electron chi connectivity index (χ4n) is 2.77. The van der Waals surface area contributed by atoms with Crippen LogP contribution in [0.5, 0.6) is 0 Å². The number of nitrogens with one attached hydrogen (secondary N) is 1. The molecule has 7 nitrogen and oxygen atoms in total. The van der Waals surface area contributed by atoms with E-state index in [-0.39, 0.29) is 18.4 Å². The monoisotopic (exact) mass is 398 g/mol. The zero-order valence-electron chi connectivity index (χ0n) is 15.8. The lowest BCUT2D eigenvalue weighted by molar-refractivity contribution is -0.124. The predicted molar refractivity (Wildman–Crippen MR) is 107 cm³/mol. The summed E-state index contributed by atoms with van der Waals surface area (Å²) in [6.07, 6.45) is 3.88. The van der Waals surface area contributed by atoms with Crippen molar-refractivity contribution in [3.63, 3.8) is 0 Å². The Bertz CT molecular complexity index is 920. The number of hydrogen-bond acceptors (Lipinski definition) is 6. The third-order valence-corrected chi connectivity index (χ3v) is 4.98. The fourth-order valence-corrected chi connectivity index (χ4v) is 3.48. The lowest BCUT2D eigenvalue weighted by Crippen LogP contribution is -2.30. The number of carbonyl (C=O) groups is 2. The van der Waals surface area contributed by atoms with Crippen molar-refractivity contribution >= 4 is 23.2 Å². The van der Waals surface area contributed by atoms with Crippen molar-refractivity contribution in [1.29, 1.82) is 0 Å². The van der Waals surface area contributed by atoms with Crippen molar-refractivity contribution in [3.8, 4) is 5.82 Å². The van der Waals surface area contributed by atoms with Gasteiger partial charge < -0.3 is 10.1 Å². The Balaban J connectivity index is 1.59. The Kier molecular flexibility index (Phi) is 6.54. The molecule has 0 aliphatic rings. The van der Waals surface area contributed by atoms with Crippen LogP contribution in [0.25, 0.3) is 5.82 Å². The van der Waals surface area contributed by atoms with E-state index in [0.29, 0.717) is 23.6 Å². The molecule has 28 heavy (non-hydrogen) atoms. The molecule has 8 heteroatoms. The lowest BCUT2D eigenvalue weighted by atomic mass is 10.1. The molecule has 3 aromatic rings. The van der Waals surface area contributed by atoms with Crippen LogP contribution in [0.4, 0.5) is 0 Å². The van der Waals surface area contributed by atoms with Gasteiger partial charge in [0.2, 0.25) is 0 Å². The molecule has 0 atom stereocenters. The molecule has 0 radical (unpaired) electrons. The minimum Gasteiger partial charge on any atom is -0.452 e. The Morgan fingerprint density at radius 2 is 2.11 bits per heavy atom. The van der Waals surface area contributed by atoms with Crippen molar-refractivity contribution in [1.82, 2.24) is 20.1 Å². The van der Waals surface area contributed by atoms with E-state index in [1.165, 1.54) is 11.1 Å². The third-order valence-electron chi connectivity index (χ3n) is 4.05. The van der Waals surface area contributed by atoms with E-state index in [1.807, 2.05) is 49.6 Å². The Morgan fingerprint density at radius 3 is 2.79 bits per heavy atom. The van der Waals surface area contributed by atoms with Gasteiger partial charge in [-0.2, -0.15) is 5.10 Å². The normalized spacial score (nSPS) is 10.8. The second-order valence-corrected chi connectivity index (χ2v) is 7.49. The molecule has 0 saturated heterocycles. The van der Waals surface area contributed by atoms with Gasteiger partial charge in [-0.1, -0.05) is 26.0 Å². The molecule has 1 N–H and O–H groups in total. The number of carbonyl (C=O) groups excluding carboxylic acids is 2. The van der Waals surface area contributed by atoms with Crippen LogP contribution in [-0.4, -0.2) is 39.8 Å². The first kappa shape index (κ1) is 19.8. The van der Waals surface area contributed by atoms with Crippen molar-refractivity contribution < 1.29 is 14.3 Å². The fraction of sp³-hybridized carbons (Fsp3) is 0.300. The highest BCUT2D eigenvalue weighted by Crippen LogP contribution is 2.22. The number of thiophene rings is 1. The summed E-state index contributed by atoms with van der Waals surface area (Å²) < 4.78 is 6.82. The third kappa shape index (κ3) is 4.83. The molecular formula is C20H22N4O3S. The summed E-state index contributed by atoms with van der Waals surface area (Å²) in [4.78, 5) is 29.9. The van der Waals surface area contributed by atoms with Crippen LogP contribution >= 0.6 is 11.3 Å². The van der Waals surface area contributed by atoms with Crippen molar-refractivity contribution in [2.45, 2.75) is 26.2 Å². The van der Waals surface area contributed by atoms with Crippen molar-refractivity contribution in [2.24, 2.45) is 0 Å². The van der Waals surface area contributed by atoms with Gasteiger partial charge in [-0.05, 0) is 35.9 Å². The molecule has 0 fully saturated rings. The summed E-state index contributed by atoms with van der Waals surface area (Å²) >= 11 is 1.64. The topological polar surface area (TPSA) is 86.1 Å². The molecule has 1 amide bonds. The highest BCUT2D eigenvalue weighted by Gasteiger charge is 2.23. The van der Waals surface area contributed by atoms with Crippen LogP contribution in [0.15, 0.2) is 48.1 Å². The first-order chi connectivity index (χ1) is 13.6. The van der Waals surface area contributed by atoms with Gasteiger partial charge in [0.1, 0.15) is 5.56 Å². The lowest BCUT2D eigenvalue weighted by Gasteiger charge is -2.12. The molecule has 3 aromatic heterocycles. The van der Waals surface area contributed by atoms with Crippen LogP contribution in [0, 0.1) is 0 Å². The number of nitrogens with zero attached hydrogens (tertiary/aromatic N) is 3. The number of hydrogen-bond donors (Lipinski definition) is 1. The highest BCUT2D eigenvalue weighted by molar-refractivity contribution is 7.09. The SMILES string of the molecule is CC(C)c1c(C(=O)OCC(=O)NCCc2cccs2)cnn1-c1ccccn1. The molecule has 3 rings (SSSR count). The van der Waals surface area contributed by atoms with Crippen LogP contribution in [0.2, 0.25) is 0 Å². The molecule has 0 aliphatic carbocycles. The second kappa shape index (κ2) is 9.27. The van der Waals surface area contributed by atoms with Gasteiger partial charge in [-0.25, -0.2) is 14.5 Å². The number of rotatable bonds is 8. The van der Waals surface area contributed by atoms with Crippen molar-refractivity contribution in [2.75, 3.05) is 13.2 Å². The molecule has 0 bridgehead atoms. The summed E-state index contributed by atoms with van der Waals surface area (Å²) in [5.74, 6) is -0.254. The van der Waals surface area contributed by atoms with E-state index in [9.17, 15) is 9.59 Å². The molecule has 0 aliphatic heterocycles. The van der Waals surface area contributed by atoms with E-state index in [0.717, 1.165) is 6.42 Å². The van der Waals surface area contributed by atoms with E-state index < -0.39 is 5.97 Å². The molecule has 146 valence electrons. The number of esters is 1. The van der Waals surface area contributed by atoms with Gasteiger partial charge in [0, 0.05) is 17.6 Å². The average Bonchev–Trinajstić information content (AvgIpc) is 3.36. The predicted octanol–water partition coefficient (Wildman–Crippen LogP) is 2.97. The summed E-state index contributed by atoms with van der Waals surface area (Å²) in [6.45, 7) is 4.11. The van der Waals surface area contributed by atoms with Gasteiger partial charge >= 0.3 is 5.97 Å². The second-order valence-electron chi connectivity index (χ2n) is 6.45. The summed E-state index contributed by atoms with van der Waals surface area (Å²) in [6, 6.07) is 9.47. The molecule has 0 unspecified atom stereocenters. The minimum atomic E-state index is -0.570. The van der Waals surface area contributed by atoms with Gasteiger partial charge in [0.15, 0.2) is 12.4 Å². The number of aromatic nitrogens is 3. The Labute approximate surface area is 167 Å². The Morgan fingerprint density at radius 1 is 1.25 bits per heavy atom. The minimum absolute atomic E-state index is 0.0201. The van der Waals surface area contributed by atoms with E-state index in [1.54, 1.807) is 22.2 Å². The quantitative estimate of drug-likeness (QED) is 0.590. The van der Waals surface area contributed by atoms with Crippen molar-refractivity contribution in [3.05, 3.63) is 64.2 Å². The van der Waals surface area contributed by atoms with E-state index >= 15 is 0 Å². The van der Waals surface area contributed by atoms with Gasteiger partial charge in [-0.15, -0.1) is 11.3 Å². The molecule has 3 heterocycles. The summed E-state index contributed by atoms with van der Waals surface area (Å²) in [7, 11) is 0. The zero-order valence-corrected chi connectivity index (χ0v) is 16.6. The largest absolute Gasteiger partial charge is 0.452 e. The van der Waals surface area contributed by atoms with Gasteiger partial charge in [-0.3, -0.25) is 4.79 Å².